The van der Waals surface area contributed by atoms with Gasteiger partial charge in [0.2, 0.25) is 0 Å². The minimum Gasteiger partial charge on any atom is -0.397 e. The van der Waals surface area contributed by atoms with Gasteiger partial charge in [0, 0.05) is 20.2 Å². The van der Waals surface area contributed by atoms with Crippen molar-refractivity contribution in [3.8, 4) is 0 Å². The lowest BCUT2D eigenvalue weighted by Gasteiger charge is -2.20. The summed E-state index contributed by atoms with van der Waals surface area (Å²) < 4.78 is 5.62. The van der Waals surface area contributed by atoms with Gasteiger partial charge in [-0.05, 0) is 37.3 Å². The highest BCUT2D eigenvalue weighted by atomic mass is 16.5. The van der Waals surface area contributed by atoms with Crippen LogP contribution in [0.2, 0.25) is 0 Å². The van der Waals surface area contributed by atoms with Crippen LogP contribution in [0.5, 0.6) is 0 Å². The van der Waals surface area contributed by atoms with Crippen LogP contribution in [0.25, 0.3) is 0 Å². The largest absolute Gasteiger partial charge is 0.397 e. The molecule has 0 atom stereocenters. The molecule has 0 bridgehead atoms. The van der Waals surface area contributed by atoms with Crippen molar-refractivity contribution in [2.45, 2.75) is 19.8 Å². The second-order valence-electron chi connectivity index (χ2n) is 4.85. The minimum absolute atomic E-state index is 0.713. The number of nitrogens with two attached hydrogens (primary N) is 1. The maximum atomic E-state index is 5.68. The average Bonchev–Trinajstić information content (AvgIpc) is 3.08. The molecule has 1 aromatic rings. The molecule has 0 aromatic carbocycles. The van der Waals surface area contributed by atoms with Crippen LogP contribution in [0.4, 0.5) is 11.5 Å². The second-order valence-corrected chi connectivity index (χ2v) is 4.85. The molecule has 2 rings (SSSR count). The van der Waals surface area contributed by atoms with Crippen molar-refractivity contribution in [3.63, 3.8) is 0 Å². The Morgan fingerprint density at radius 3 is 2.94 bits per heavy atom. The monoisotopic (exact) mass is 235 g/mol. The van der Waals surface area contributed by atoms with Crippen molar-refractivity contribution in [2.75, 3.05) is 37.4 Å². The van der Waals surface area contributed by atoms with Crippen LogP contribution in [-0.2, 0) is 4.74 Å². The SMILES string of the molecule is Cc1cc(N)cnc1N(C)CCOCC1CC1. The molecule has 1 heterocycles. The molecule has 2 N–H and O–H groups in total. The van der Waals surface area contributed by atoms with E-state index < -0.39 is 0 Å². The van der Waals surface area contributed by atoms with Gasteiger partial charge in [0.25, 0.3) is 0 Å². The van der Waals surface area contributed by atoms with Gasteiger partial charge >= 0.3 is 0 Å². The van der Waals surface area contributed by atoms with Gasteiger partial charge in [-0.15, -0.1) is 0 Å². The van der Waals surface area contributed by atoms with Crippen LogP contribution in [0, 0.1) is 12.8 Å². The van der Waals surface area contributed by atoms with Crippen LogP contribution in [0.1, 0.15) is 18.4 Å². The van der Waals surface area contributed by atoms with Gasteiger partial charge in [-0.1, -0.05) is 0 Å². The zero-order valence-corrected chi connectivity index (χ0v) is 10.6. The fraction of sp³-hybridized carbons (Fsp3) is 0.615. The predicted molar refractivity (Wildman–Crippen MR) is 70.2 cm³/mol. The summed E-state index contributed by atoms with van der Waals surface area (Å²) in [6.07, 6.45) is 4.38. The molecule has 1 saturated carbocycles. The summed E-state index contributed by atoms with van der Waals surface area (Å²) >= 11 is 0. The normalized spacial score (nSPS) is 14.9. The summed E-state index contributed by atoms with van der Waals surface area (Å²) in [6, 6.07) is 1.95. The number of aryl methyl sites for hydroxylation is 1. The van der Waals surface area contributed by atoms with E-state index in [4.69, 9.17) is 10.5 Å². The molecule has 0 radical (unpaired) electrons. The lowest BCUT2D eigenvalue weighted by atomic mass is 10.2. The standard InChI is InChI=1S/C13H21N3O/c1-10-7-12(14)8-15-13(10)16(2)5-6-17-9-11-3-4-11/h7-8,11H,3-6,9,14H2,1-2H3. The van der Waals surface area contributed by atoms with Crippen molar-refractivity contribution < 1.29 is 4.74 Å². The summed E-state index contributed by atoms with van der Waals surface area (Å²) in [5, 5.41) is 0. The molecule has 0 aliphatic heterocycles. The van der Waals surface area contributed by atoms with E-state index in [1.54, 1.807) is 6.20 Å². The molecular formula is C13H21N3O. The van der Waals surface area contributed by atoms with Crippen LogP contribution in [0.15, 0.2) is 12.3 Å². The topological polar surface area (TPSA) is 51.4 Å². The van der Waals surface area contributed by atoms with Crippen LogP contribution in [0.3, 0.4) is 0 Å². The fourth-order valence-electron chi connectivity index (χ4n) is 1.83. The van der Waals surface area contributed by atoms with E-state index in [-0.39, 0.29) is 0 Å². The number of rotatable bonds is 6. The molecule has 1 aromatic heterocycles. The first-order valence-corrected chi connectivity index (χ1v) is 6.18. The molecule has 4 heteroatoms. The smallest absolute Gasteiger partial charge is 0.131 e. The third-order valence-corrected chi connectivity index (χ3v) is 3.05. The number of hydrogen-bond donors (Lipinski definition) is 1. The van der Waals surface area contributed by atoms with Crippen LogP contribution in [-0.4, -0.2) is 31.8 Å². The van der Waals surface area contributed by atoms with Gasteiger partial charge in [0.15, 0.2) is 0 Å². The minimum atomic E-state index is 0.713. The first-order valence-electron chi connectivity index (χ1n) is 6.18. The highest BCUT2D eigenvalue weighted by Crippen LogP contribution is 2.28. The van der Waals surface area contributed by atoms with Crippen molar-refractivity contribution in [1.82, 2.24) is 4.98 Å². The Bertz CT molecular complexity index is 377. The Labute approximate surface area is 103 Å². The Kier molecular flexibility index (Phi) is 3.84. The number of aromatic nitrogens is 1. The van der Waals surface area contributed by atoms with E-state index in [1.807, 2.05) is 20.0 Å². The number of hydrogen-bond acceptors (Lipinski definition) is 4. The molecule has 4 nitrogen and oxygen atoms in total. The molecule has 0 saturated heterocycles. The fourth-order valence-corrected chi connectivity index (χ4v) is 1.83. The predicted octanol–water partition coefficient (Wildman–Crippen LogP) is 1.84. The van der Waals surface area contributed by atoms with Gasteiger partial charge in [-0.2, -0.15) is 0 Å². The van der Waals surface area contributed by atoms with Gasteiger partial charge in [0.1, 0.15) is 5.82 Å². The van der Waals surface area contributed by atoms with E-state index in [1.165, 1.54) is 12.8 Å². The highest BCUT2D eigenvalue weighted by Gasteiger charge is 2.21. The Hall–Kier alpha value is -1.29. The zero-order valence-electron chi connectivity index (χ0n) is 10.6. The third-order valence-electron chi connectivity index (χ3n) is 3.05. The van der Waals surface area contributed by atoms with Crippen molar-refractivity contribution >= 4 is 11.5 Å². The zero-order chi connectivity index (χ0) is 12.3. The van der Waals surface area contributed by atoms with Crippen molar-refractivity contribution in [1.29, 1.82) is 0 Å². The molecule has 0 amide bonds. The summed E-state index contributed by atoms with van der Waals surface area (Å²) in [6.45, 7) is 4.57. The lowest BCUT2D eigenvalue weighted by Crippen LogP contribution is -2.24. The molecule has 1 aliphatic rings. The molecule has 94 valence electrons. The van der Waals surface area contributed by atoms with Crippen molar-refractivity contribution in [3.05, 3.63) is 17.8 Å². The van der Waals surface area contributed by atoms with E-state index in [2.05, 4.69) is 9.88 Å². The Balaban J connectivity index is 1.78. The van der Waals surface area contributed by atoms with Crippen LogP contribution >= 0.6 is 0 Å². The van der Waals surface area contributed by atoms with Gasteiger partial charge < -0.3 is 15.4 Å². The number of ether oxygens (including phenoxy) is 1. The Morgan fingerprint density at radius 1 is 1.53 bits per heavy atom. The number of nitrogens with zero attached hydrogens (tertiary/aromatic N) is 2. The molecular weight excluding hydrogens is 214 g/mol. The van der Waals surface area contributed by atoms with Crippen LogP contribution < -0.4 is 10.6 Å². The van der Waals surface area contributed by atoms with E-state index >= 15 is 0 Å². The van der Waals surface area contributed by atoms with E-state index in [0.29, 0.717) is 5.69 Å². The number of nitrogen functional groups attached to an aromatic ring is 1. The molecule has 17 heavy (non-hydrogen) atoms. The van der Waals surface area contributed by atoms with Gasteiger partial charge in [-0.25, -0.2) is 4.98 Å². The number of likely N-dealkylation sites (N-methyl/N-ethyl adjacent to an activating group) is 1. The molecule has 0 unspecified atom stereocenters. The molecule has 0 spiro atoms. The van der Waals surface area contributed by atoms with E-state index in [0.717, 1.165) is 37.1 Å². The highest BCUT2D eigenvalue weighted by molar-refractivity contribution is 5.52. The quantitative estimate of drug-likeness (QED) is 0.764. The summed E-state index contributed by atoms with van der Waals surface area (Å²) in [7, 11) is 2.03. The summed E-state index contributed by atoms with van der Waals surface area (Å²) in [4.78, 5) is 6.46. The maximum absolute atomic E-state index is 5.68. The summed E-state index contributed by atoms with van der Waals surface area (Å²) in [5.74, 6) is 1.81. The maximum Gasteiger partial charge on any atom is 0.131 e. The molecule has 1 aliphatic carbocycles. The number of anilines is 2. The first-order chi connectivity index (χ1) is 8.16. The lowest BCUT2D eigenvalue weighted by molar-refractivity contribution is 0.131. The van der Waals surface area contributed by atoms with E-state index in [9.17, 15) is 0 Å². The number of pyridine rings is 1. The first kappa shape index (κ1) is 12.2. The third kappa shape index (κ3) is 3.60. The molecule has 1 fully saturated rings. The average molecular weight is 235 g/mol. The van der Waals surface area contributed by atoms with Gasteiger partial charge in [0.05, 0.1) is 18.5 Å². The van der Waals surface area contributed by atoms with Gasteiger partial charge in [-0.3, -0.25) is 0 Å². The Morgan fingerprint density at radius 2 is 2.29 bits per heavy atom. The van der Waals surface area contributed by atoms with Crippen molar-refractivity contribution in [2.24, 2.45) is 5.92 Å². The summed E-state index contributed by atoms with van der Waals surface area (Å²) in [5.41, 5.74) is 7.50. The second kappa shape index (κ2) is 5.36.